The molecule has 0 N–H and O–H groups in total. The molecule has 0 unspecified atom stereocenters. The first kappa shape index (κ1) is 18.5. The van der Waals surface area contributed by atoms with Gasteiger partial charge in [0.15, 0.2) is 0 Å². The lowest BCUT2D eigenvalue weighted by atomic mass is 10.1. The fourth-order valence-corrected chi connectivity index (χ4v) is 1.86. The Kier molecular flexibility index (Phi) is 8.22. The summed E-state index contributed by atoms with van der Waals surface area (Å²) in [6.07, 6.45) is 0.937. The first-order valence-electron chi connectivity index (χ1n) is 7.58. The summed E-state index contributed by atoms with van der Waals surface area (Å²) in [5.41, 5.74) is 0.464. The molecule has 124 valence electrons. The molecule has 0 aromatic heterocycles. The molecule has 0 amide bonds. The quantitative estimate of drug-likeness (QED) is 0.514. The molecular weight excluding hydrogens is 298 g/mol. The lowest BCUT2D eigenvalue weighted by Crippen LogP contribution is -2.17. The van der Waals surface area contributed by atoms with Crippen molar-refractivity contribution >= 4 is 11.9 Å². The molecule has 1 rings (SSSR count). The first-order valence-corrected chi connectivity index (χ1v) is 7.58. The number of esters is 2. The van der Waals surface area contributed by atoms with E-state index in [2.05, 4.69) is 0 Å². The third-order valence-electron chi connectivity index (χ3n) is 3.00. The summed E-state index contributed by atoms with van der Waals surface area (Å²) in [7, 11) is 0. The molecule has 0 bridgehead atoms. The third-order valence-corrected chi connectivity index (χ3v) is 3.00. The Labute approximate surface area is 136 Å². The van der Waals surface area contributed by atoms with Crippen molar-refractivity contribution in [1.29, 1.82) is 5.26 Å². The molecule has 0 saturated heterocycles. The molecule has 6 heteroatoms. The van der Waals surface area contributed by atoms with Crippen molar-refractivity contribution in [3.8, 4) is 11.8 Å². The molecule has 0 aliphatic heterocycles. The second-order valence-corrected chi connectivity index (χ2v) is 4.67. The Morgan fingerprint density at radius 3 is 2.35 bits per heavy atom. The number of ether oxygens (including phenoxy) is 3. The van der Waals surface area contributed by atoms with Crippen LogP contribution >= 0.6 is 0 Å². The zero-order valence-electron chi connectivity index (χ0n) is 13.4. The van der Waals surface area contributed by atoms with Gasteiger partial charge in [-0.3, -0.25) is 4.79 Å². The smallest absolute Gasteiger partial charge is 0.338 e. The molecule has 0 aliphatic carbocycles. The van der Waals surface area contributed by atoms with Crippen LogP contribution in [0.4, 0.5) is 0 Å². The van der Waals surface area contributed by atoms with Crippen LogP contribution in [0.3, 0.4) is 0 Å². The van der Waals surface area contributed by atoms with Crippen LogP contribution in [0.2, 0.25) is 0 Å². The van der Waals surface area contributed by atoms with Crippen LogP contribution in [-0.2, 0) is 14.3 Å². The van der Waals surface area contributed by atoms with Crippen LogP contribution in [0, 0.1) is 17.2 Å². The molecule has 0 radical (unpaired) electrons. The lowest BCUT2D eigenvalue weighted by molar-refractivity contribution is -0.146. The minimum absolute atomic E-state index is 0.264. The predicted octanol–water partition coefficient (Wildman–Crippen LogP) is 2.73. The highest BCUT2D eigenvalue weighted by molar-refractivity contribution is 5.89. The molecule has 1 atom stereocenters. The molecule has 0 saturated carbocycles. The maximum Gasteiger partial charge on any atom is 0.338 e. The van der Waals surface area contributed by atoms with Crippen molar-refractivity contribution in [2.75, 3.05) is 19.8 Å². The molecule has 1 aromatic carbocycles. The molecular formula is C17H21NO5. The van der Waals surface area contributed by atoms with Gasteiger partial charge in [-0.1, -0.05) is 0 Å². The summed E-state index contributed by atoms with van der Waals surface area (Å²) in [6.45, 7) is 4.42. The van der Waals surface area contributed by atoms with E-state index in [9.17, 15) is 9.59 Å². The van der Waals surface area contributed by atoms with Crippen molar-refractivity contribution in [1.82, 2.24) is 0 Å². The van der Waals surface area contributed by atoms with Gasteiger partial charge in [-0.2, -0.15) is 5.26 Å². The number of benzene rings is 1. The second kappa shape index (κ2) is 10.2. The van der Waals surface area contributed by atoms with E-state index in [0.717, 1.165) is 0 Å². The summed E-state index contributed by atoms with van der Waals surface area (Å²) in [5, 5.41) is 8.93. The summed E-state index contributed by atoms with van der Waals surface area (Å²) in [4.78, 5) is 23.0. The third kappa shape index (κ3) is 6.39. The van der Waals surface area contributed by atoms with Crippen LogP contribution in [0.25, 0.3) is 0 Å². The normalized spacial score (nSPS) is 11.2. The Morgan fingerprint density at radius 2 is 1.78 bits per heavy atom. The Bertz CT molecular complexity index is 547. The minimum Gasteiger partial charge on any atom is -0.494 e. The van der Waals surface area contributed by atoms with Gasteiger partial charge in [0.2, 0.25) is 0 Å². The molecule has 23 heavy (non-hydrogen) atoms. The molecule has 0 spiro atoms. The monoisotopic (exact) mass is 319 g/mol. The second-order valence-electron chi connectivity index (χ2n) is 4.67. The van der Waals surface area contributed by atoms with Crippen molar-refractivity contribution in [3.05, 3.63) is 29.8 Å². The van der Waals surface area contributed by atoms with Gasteiger partial charge in [0.25, 0.3) is 0 Å². The molecule has 0 fully saturated rings. The van der Waals surface area contributed by atoms with Crippen LogP contribution in [0.1, 0.15) is 37.0 Å². The summed E-state index contributed by atoms with van der Waals surface area (Å²) in [6, 6.07) is 8.55. The highest BCUT2D eigenvalue weighted by atomic mass is 16.5. The van der Waals surface area contributed by atoms with Crippen molar-refractivity contribution in [2.45, 2.75) is 26.7 Å². The Balaban J connectivity index is 2.37. The molecule has 0 aliphatic rings. The predicted molar refractivity (Wildman–Crippen MR) is 82.9 cm³/mol. The topological polar surface area (TPSA) is 85.6 Å². The van der Waals surface area contributed by atoms with Gasteiger partial charge in [0, 0.05) is 0 Å². The van der Waals surface area contributed by atoms with Gasteiger partial charge >= 0.3 is 11.9 Å². The van der Waals surface area contributed by atoms with Crippen molar-refractivity contribution in [3.63, 3.8) is 0 Å². The van der Waals surface area contributed by atoms with E-state index in [0.29, 0.717) is 37.4 Å². The summed E-state index contributed by atoms with van der Waals surface area (Å²) < 4.78 is 15.2. The van der Waals surface area contributed by atoms with E-state index in [1.807, 2.05) is 6.07 Å². The van der Waals surface area contributed by atoms with Gasteiger partial charge < -0.3 is 14.2 Å². The molecule has 0 heterocycles. The van der Waals surface area contributed by atoms with Gasteiger partial charge in [-0.25, -0.2) is 4.79 Å². The molecule has 6 nitrogen and oxygen atoms in total. The average Bonchev–Trinajstić information content (AvgIpc) is 2.56. The van der Waals surface area contributed by atoms with Crippen LogP contribution in [0.5, 0.6) is 5.75 Å². The lowest BCUT2D eigenvalue weighted by Gasteiger charge is -2.09. The number of nitriles is 1. The maximum atomic E-state index is 11.5. The summed E-state index contributed by atoms with van der Waals surface area (Å²) >= 11 is 0. The highest BCUT2D eigenvalue weighted by Gasteiger charge is 2.18. The van der Waals surface area contributed by atoms with Crippen molar-refractivity contribution in [2.24, 2.45) is 5.92 Å². The molecule has 1 aromatic rings. The number of nitrogens with zero attached hydrogens (tertiary/aromatic N) is 1. The zero-order chi connectivity index (χ0) is 17.1. The van der Waals surface area contributed by atoms with Gasteiger partial charge in [-0.05, 0) is 51.0 Å². The van der Waals surface area contributed by atoms with Crippen molar-refractivity contribution < 1.29 is 23.8 Å². The number of carbonyl (C=O) groups is 2. The standard InChI is InChI=1S/C17H21NO5/c1-3-21-16(19)13-7-9-15(10-8-13)23-11-5-6-14(12-18)17(20)22-4-2/h7-10,14H,3-6,11H2,1-2H3/t14-/m1/s1. The Morgan fingerprint density at radius 1 is 1.13 bits per heavy atom. The number of carbonyl (C=O) groups excluding carboxylic acids is 2. The zero-order valence-corrected chi connectivity index (χ0v) is 13.4. The van der Waals surface area contributed by atoms with E-state index >= 15 is 0 Å². The van der Waals surface area contributed by atoms with E-state index in [1.54, 1.807) is 38.1 Å². The average molecular weight is 319 g/mol. The SMILES string of the molecule is CCOC(=O)c1ccc(OCCC[C@H](C#N)C(=O)OCC)cc1. The Hall–Kier alpha value is -2.55. The van der Waals surface area contributed by atoms with Gasteiger partial charge in [0.1, 0.15) is 11.7 Å². The first-order chi connectivity index (χ1) is 11.1. The van der Waals surface area contributed by atoms with Crippen LogP contribution < -0.4 is 4.74 Å². The highest BCUT2D eigenvalue weighted by Crippen LogP contribution is 2.14. The minimum atomic E-state index is -0.759. The fraction of sp³-hybridized carbons (Fsp3) is 0.471. The fourth-order valence-electron chi connectivity index (χ4n) is 1.86. The van der Waals surface area contributed by atoms with Crippen LogP contribution in [0.15, 0.2) is 24.3 Å². The largest absolute Gasteiger partial charge is 0.494 e. The number of hydrogen-bond donors (Lipinski definition) is 0. The van der Waals surface area contributed by atoms with E-state index in [1.165, 1.54) is 0 Å². The van der Waals surface area contributed by atoms with E-state index in [-0.39, 0.29) is 12.6 Å². The van der Waals surface area contributed by atoms with Gasteiger partial charge in [0.05, 0.1) is 31.5 Å². The van der Waals surface area contributed by atoms with Crippen LogP contribution in [-0.4, -0.2) is 31.8 Å². The number of hydrogen-bond acceptors (Lipinski definition) is 6. The number of rotatable bonds is 9. The van der Waals surface area contributed by atoms with Gasteiger partial charge in [-0.15, -0.1) is 0 Å². The van der Waals surface area contributed by atoms with E-state index < -0.39 is 11.9 Å². The summed E-state index contributed by atoms with van der Waals surface area (Å²) in [5.74, 6) is -1.01. The van der Waals surface area contributed by atoms with E-state index in [4.69, 9.17) is 19.5 Å². The maximum absolute atomic E-state index is 11.5.